The third-order valence-electron chi connectivity index (χ3n) is 3.56. The fraction of sp³-hybridized carbons (Fsp3) is 0.500. The number of carbonyl (C=O) groups excluding carboxylic acids is 1. The number of rotatable bonds is 4. The van der Waals surface area contributed by atoms with E-state index in [2.05, 4.69) is 5.32 Å². The summed E-state index contributed by atoms with van der Waals surface area (Å²) in [5.74, 6) is 1.12. The van der Waals surface area contributed by atoms with Gasteiger partial charge in [0.25, 0.3) is 0 Å². The Balaban J connectivity index is 0.00000200. The molecule has 5 nitrogen and oxygen atoms in total. The second kappa shape index (κ2) is 6.81. The Morgan fingerprint density at radius 1 is 1.15 bits per heavy atom. The van der Waals surface area contributed by atoms with Gasteiger partial charge in [-0.05, 0) is 12.8 Å². The average molecular weight is 301 g/mol. The largest absolute Gasteiger partial charge is 0.497 e. The highest BCUT2D eigenvalue weighted by Gasteiger charge is 2.37. The molecule has 0 saturated heterocycles. The molecule has 0 aromatic heterocycles. The molecule has 0 spiro atoms. The van der Waals surface area contributed by atoms with Gasteiger partial charge in [0.1, 0.15) is 11.5 Å². The molecular formula is C14H21ClN2O3. The molecule has 20 heavy (non-hydrogen) atoms. The Morgan fingerprint density at radius 3 is 2.10 bits per heavy atom. The molecule has 2 rings (SSSR count). The van der Waals surface area contributed by atoms with E-state index in [0.29, 0.717) is 17.2 Å². The maximum absolute atomic E-state index is 12.2. The number of hydrogen-bond donors (Lipinski definition) is 2. The number of carbonyl (C=O) groups is 1. The standard InChI is InChI=1S/C14H20N2O3.ClH/c1-18-11-7-10(8-12(9-11)19-2)16-13(17)14(15)5-3-4-6-14;/h7-9H,3-6,15H2,1-2H3,(H,16,17);1H. The second-order valence-corrected chi connectivity index (χ2v) is 4.92. The molecule has 3 N–H and O–H groups in total. The van der Waals surface area contributed by atoms with E-state index in [-0.39, 0.29) is 18.3 Å². The number of methoxy groups -OCH3 is 2. The molecule has 1 fully saturated rings. The Morgan fingerprint density at radius 2 is 1.65 bits per heavy atom. The Hall–Kier alpha value is -1.46. The number of benzene rings is 1. The number of nitrogens with one attached hydrogen (secondary N) is 1. The van der Waals surface area contributed by atoms with E-state index in [1.807, 2.05) is 0 Å². The van der Waals surface area contributed by atoms with Crippen molar-refractivity contribution in [3.05, 3.63) is 18.2 Å². The summed E-state index contributed by atoms with van der Waals surface area (Å²) in [6.07, 6.45) is 3.48. The second-order valence-electron chi connectivity index (χ2n) is 4.92. The number of hydrogen-bond acceptors (Lipinski definition) is 4. The van der Waals surface area contributed by atoms with Gasteiger partial charge >= 0.3 is 0 Å². The van der Waals surface area contributed by atoms with Crippen LogP contribution in [-0.2, 0) is 4.79 Å². The van der Waals surface area contributed by atoms with Crippen LogP contribution in [0.2, 0.25) is 0 Å². The van der Waals surface area contributed by atoms with Gasteiger partial charge in [-0.3, -0.25) is 4.79 Å². The minimum atomic E-state index is -0.740. The van der Waals surface area contributed by atoms with Crippen LogP contribution in [0.5, 0.6) is 11.5 Å². The van der Waals surface area contributed by atoms with Crippen LogP contribution in [0.3, 0.4) is 0 Å². The summed E-state index contributed by atoms with van der Waals surface area (Å²) in [4.78, 5) is 12.2. The quantitative estimate of drug-likeness (QED) is 0.895. The minimum absolute atomic E-state index is 0. The molecule has 0 unspecified atom stereocenters. The van der Waals surface area contributed by atoms with Crippen LogP contribution in [0, 0.1) is 0 Å². The monoisotopic (exact) mass is 300 g/mol. The van der Waals surface area contributed by atoms with Crippen molar-refractivity contribution < 1.29 is 14.3 Å². The van der Waals surface area contributed by atoms with Gasteiger partial charge in [-0.25, -0.2) is 0 Å². The van der Waals surface area contributed by atoms with Gasteiger partial charge in [0.15, 0.2) is 0 Å². The number of ether oxygens (including phenoxy) is 2. The molecular weight excluding hydrogens is 280 g/mol. The highest BCUT2D eigenvalue weighted by atomic mass is 35.5. The summed E-state index contributed by atoms with van der Waals surface area (Å²) in [5.41, 5.74) is 6.01. The molecule has 112 valence electrons. The van der Waals surface area contributed by atoms with Crippen molar-refractivity contribution in [3.8, 4) is 11.5 Å². The molecule has 0 radical (unpaired) electrons. The van der Waals surface area contributed by atoms with Gasteiger partial charge in [-0.1, -0.05) is 12.8 Å². The first-order valence-corrected chi connectivity index (χ1v) is 6.41. The summed E-state index contributed by atoms with van der Waals surface area (Å²) >= 11 is 0. The van der Waals surface area contributed by atoms with E-state index in [1.54, 1.807) is 32.4 Å². The molecule has 1 amide bonds. The van der Waals surface area contributed by atoms with E-state index in [1.165, 1.54) is 0 Å². The van der Waals surface area contributed by atoms with Crippen molar-refractivity contribution in [2.45, 2.75) is 31.2 Å². The van der Waals surface area contributed by atoms with Crippen molar-refractivity contribution in [1.29, 1.82) is 0 Å². The predicted octanol–water partition coefficient (Wildman–Crippen LogP) is 2.34. The summed E-state index contributed by atoms with van der Waals surface area (Å²) in [7, 11) is 3.14. The lowest BCUT2D eigenvalue weighted by atomic mass is 9.98. The predicted molar refractivity (Wildman–Crippen MR) is 80.8 cm³/mol. The number of amides is 1. The van der Waals surface area contributed by atoms with Crippen molar-refractivity contribution in [3.63, 3.8) is 0 Å². The van der Waals surface area contributed by atoms with E-state index in [4.69, 9.17) is 15.2 Å². The molecule has 0 heterocycles. The van der Waals surface area contributed by atoms with Gasteiger partial charge in [-0.15, -0.1) is 12.4 Å². The number of anilines is 1. The first-order chi connectivity index (χ1) is 9.07. The van der Waals surface area contributed by atoms with E-state index >= 15 is 0 Å². The molecule has 1 aromatic carbocycles. The Bertz CT molecular complexity index is 451. The molecule has 1 aliphatic rings. The van der Waals surface area contributed by atoms with Gasteiger partial charge in [0, 0.05) is 23.9 Å². The summed E-state index contributed by atoms with van der Waals surface area (Å²) in [5, 5.41) is 2.85. The van der Waals surface area contributed by atoms with Crippen molar-refractivity contribution >= 4 is 24.0 Å². The van der Waals surface area contributed by atoms with Crippen molar-refractivity contribution in [1.82, 2.24) is 0 Å². The fourth-order valence-electron chi connectivity index (χ4n) is 2.37. The molecule has 6 heteroatoms. The molecule has 0 aliphatic heterocycles. The van der Waals surface area contributed by atoms with Gasteiger partial charge in [0.05, 0.1) is 19.8 Å². The smallest absolute Gasteiger partial charge is 0.244 e. The van der Waals surface area contributed by atoms with E-state index in [0.717, 1.165) is 25.7 Å². The molecule has 0 bridgehead atoms. The minimum Gasteiger partial charge on any atom is -0.497 e. The first kappa shape index (κ1) is 16.6. The van der Waals surface area contributed by atoms with Crippen LogP contribution in [0.4, 0.5) is 5.69 Å². The Labute approximate surface area is 125 Å². The molecule has 1 aromatic rings. The maximum atomic E-state index is 12.2. The van der Waals surface area contributed by atoms with Gasteiger partial charge in [-0.2, -0.15) is 0 Å². The van der Waals surface area contributed by atoms with Crippen LogP contribution in [-0.4, -0.2) is 25.7 Å². The van der Waals surface area contributed by atoms with E-state index in [9.17, 15) is 4.79 Å². The highest BCUT2D eigenvalue weighted by molar-refractivity contribution is 5.98. The summed E-state index contributed by atoms with van der Waals surface area (Å²) in [6.45, 7) is 0. The zero-order valence-corrected chi connectivity index (χ0v) is 12.6. The van der Waals surface area contributed by atoms with Crippen LogP contribution < -0.4 is 20.5 Å². The highest BCUT2D eigenvalue weighted by Crippen LogP contribution is 2.30. The zero-order valence-electron chi connectivity index (χ0n) is 11.8. The Kier molecular flexibility index (Phi) is 5.65. The zero-order chi connectivity index (χ0) is 13.9. The van der Waals surface area contributed by atoms with Crippen LogP contribution in [0.15, 0.2) is 18.2 Å². The lowest BCUT2D eigenvalue weighted by molar-refractivity contribution is -0.121. The summed E-state index contributed by atoms with van der Waals surface area (Å²) < 4.78 is 10.3. The third-order valence-corrected chi connectivity index (χ3v) is 3.56. The lowest BCUT2D eigenvalue weighted by Gasteiger charge is -2.22. The topological polar surface area (TPSA) is 73.6 Å². The van der Waals surface area contributed by atoms with Crippen molar-refractivity contribution in [2.75, 3.05) is 19.5 Å². The maximum Gasteiger partial charge on any atom is 0.244 e. The van der Waals surface area contributed by atoms with Gasteiger partial charge in [0.2, 0.25) is 5.91 Å². The SMILES string of the molecule is COc1cc(NC(=O)C2(N)CCCC2)cc(OC)c1.Cl. The van der Waals surface area contributed by atoms with Crippen LogP contribution >= 0.6 is 12.4 Å². The molecule has 1 aliphatic carbocycles. The normalized spacial score (nSPS) is 16.1. The molecule has 1 saturated carbocycles. The fourth-order valence-corrected chi connectivity index (χ4v) is 2.37. The summed E-state index contributed by atoms with van der Waals surface area (Å²) in [6, 6.07) is 5.25. The number of nitrogens with two attached hydrogens (primary N) is 1. The number of halogens is 1. The van der Waals surface area contributed by atoms with Crippen LogP contribution in [0.25, 0.3) is 0 Å². The lowest BCUT2D eigenvalue weighted by Crippen LogP contribution is -2.48. The van der Waals surface area contributed by atoms with Crippen LogP contribution in [0.1, 0.15) is 25.7 Å². The first-order valence-electron chi connectivity index (χ1n) is 6.41. The molecule has 0 atom stereocenters. The van der Waals surface area contributed by atoms with E-state index < -0.39 is 5.54 Å². The average Bonchev–Trinajstić information content (AvgIpc) is 2.86. The van der Waals surface area contributed by atoms with Crippen molar-refractivity contribution in [2.24, 2.45) is 5.73 Å². The van der Waals surface area contributed by atoms with Gasteiger partial charge < -0.3 is 20.5 Å². The third kappa shape index (κ3) is 3.55.